The molecule has 0 aliphatic heterocycles. The Morgan fingerprint density at radius 1 is 0.800 bits per heavy atom. The summed E-state index contributed by atoms with van der Waals surface area (Å²) >= 11 is 0. The summed E-state index contributed by atoms with van der Waals surface area (Å²) in [5.74, 6) is -0.0382. The first-order chi connectivity index (χ1) is 12.2. The van der Waals surface area contributed by atoms with Gasteiger partial charge >= 0.3 is 0 Å². The van der Waals surface area contributed by atoms with Crippen molar-refractivity contribution in [3.8, 4) is 0 Å². The highest BCUT2D eigenvalue weighted by Crippen LogP contribution is 2.21. The topological polar surface area (TPSA) is 43.4 Å². The van der Waals surface area contributed by atoms with Crippen LogP contribution in [-0.2, 0) is 14.3 Å². The van der Waals surface area contributed by atoms with Gasteiger partial charge in [0.15, 0.2) is 11.5 Å². The zero-order valence-electron chi connectivity index (χ0n) is 16.0. The molecule has 0 saturated heterocycles. The van der Waals surface area contributed by atoms with Crippen LogP contribution in [0.15, 0.2) is 35.6 Å². The van der Waals surface area contributed by atoms with Gasteiger partial charge in [0, 0.05) is 5.57 Å². The highest BCUT2D eigenvalue weighted by atomic mass is 16.5. The maximum Gasteiger partial charge on any atom is 0.220 e. The van der Waals surface area contributed by atoms with Gasteiger partial charge in [-0.05, 0) is 44.3 Å². The molecule has 0 fully saturated rings. The largest absolute Gasteiger partial charge is 0.492 e. The minimum absolute atomic E-state index is 0.0801. The molecule has 0 saturated carbocycles. The molecule has 0 N–H and O–H groups in total. The summed E-state index contributed by atoms with van der Waals surface area (Å²) in [4.78, 5) is 23.6. The monoisotopic (exact) mass is 346 g/mol. The van der Waals surface area contributed by atoms with E-state index < -0.39 is 0 Å². The number of carbonyl (C=O) groups is 2. The lowest BCUT2D eigenvalue weighted by Crippen LogP contribution is -2.15. The first-order valence-corrected chi connectivity index (χ1v) is 9.89. The van der Waals surface area contributed by atoms with Gasteiger partial charge < -0.3 is 4.74 Å². The molecule has 0 radical (unpaired) electrons. The van der Waals surface area contributed by atoms with E-state index in [1.807, 2.05) is 0 Å². The molecule has 25 heavy (non-hydrogen) atoms. The van der Waals surface area contributed by atoms with E-state index in [0.29, 0.717) is 12.0 Å². The van der Waals surface area contributed by atoms with Gasteiger partial charge in [0.1, 0.15) is 0 Å². The zero-order chi connectivity index (χ0) is 18.3. The SMILES string of the molecule is CCCC/C=C\CCCCCCCCCC1=C(OC)C(=O)C=CC1=O. The second-order valence-corrected chi connectivity index (χ2v) is 6.70. The fourth-order valence-corrected chi connectivity index (χ4v) is 3.05. The highest BCUT2D eigenvalue weighted by Gasteiger charge is 2.22. The Kier molecular flexibility index (Phi) is 11.7. The van der Waals surface area contributed by atoms with Gasteiger partial charge in [-0.3, -0.25) is 9.59 Å². The van der Waals surface area contributed by atoms with Crippen molar-refractivity contribution in [2.75, 3.05) is 7.11 Å². The van der Waals surface area contributed by atoms with Crippen LogP contribution >= 0.6 is 0 Å². The molecule has 3 nitrogen and oxygen atoms in total. The molecule has 0 bridgehead atoms. The molecule has 0 spiro atoms. The Bertz CT molecular complexity index is 497. The zero-order valence-corrected chi connectivity index (χ0v) is 16.0. The van der Waals surface area contributed by atoms with Crippen LogP contribution in [0.5, 0.6) is 0 Å². The van der Waals surface area contributed by atoms with Gasteiger partial charge in [0.25, 0.3) is 0 Å². The molecular formula is C22H34O3. The van der Waals surface area contributed by atoms with E-state index in [2.05, 4.69) is 19.1 Å². The summed E-state index contributed by atoms with van der Waals surface area (Å²) in [6.45, 7) is 2.23. The third-order valence-corrected chi connectivity index (χ3v) is 4.57. The summed E-state index contributed by atoms with van der Waals surface area (Å²) in [6.07, 6.45) is 21.3. The van der Waals surface area contributed by atoms with Gasteiger partial charge in [0.05, 0.1) is 7.11 Å². The van der Waals surface area contributed by atoms with Crippen molar-refractivity contribution in [2.24, 2.45) is 0 Å². The van der Waals surface area contributed by atoms with E-state index >= 15 is 0 Å². The first-order valence-electron chi connectivity index (χ1n) is 9.89. The third-order valence-electron chi connectivity index (χ3n) is 4.57. The third kappa shape index (κ3) is 8.85. The Labute approximate surface area is 153 Å². The number of methoxy groups -OCH3 is 1. The predicted molar refractivity (Wildman–Crippen MR) is 103 cm³/mol. The number of carbonyl (C=O) groups excluding carboxylic acids is 2. The molecule has 1 aliphatic rings. The van der Waals surface area contributed by atoms with Crippen molar-refractivity contribution in [1.29, 1.82) is 0 Å². The number of hydrogen-bond donors (Lipinski definition) is 0. The van der Waals surface area contributed by atoms with E-state index in [1.165, 1.54) is 77.0 Å². The van der Waals surface area contributed by atoms with Crippen LogP contribution in [0, 0.1) is 0 Å². The minimum Gasteiger partial charge on any atom is -0.492 e. The van der Waals surface area contributed by atoms with E-state index in [-0.39, 0.29) is 17.3 Å². The summed E-state index contributed by atoms with van der Waals surface area (Å²) in [6, 6.07) is 0. The van der Waals surface area contributed by atoms with Crippen molar-refractivity contribution in [1.82, 2.24) is 0 Å². The Morgan fingerprint density at radius 2 is 1.36 bits per heavy atom. The maximum atomic E-state index is 11.9. The van der Waals surface area contributed by atoms with Crippen LogP contribution in [0.4, 0.5) is 0 Å². The summed E-state index contributed by atoms with van der Waals surface area (Å²) < 4.78 is 5.10. The molecule has 1 aliphatic carbocycles. The molecule has 3 heteroatoms. The molecule has 0 aromatic heterocycles. The van der Waals surface area contributed by atoms with Crippen molar-refractivity contribution in [3.63, 3.8) is 0 Å². The van der Waals surface area contributed by atoms with E-state index in [0.717, 1.165) is 12.8 Å². The predicted octanol–water partition coefficient (Wildman–Crippen LogP) is 5.85. The van der Waals surface area contributed by atoms with Gasteiger partial charge in [-0.25, -0.2) is 0 Å². The van der Waals surface area contributed by atoms with Crippen LogP contribution in [0.25, 0.3) is 0 Å². The molecule has 0 amide bonds. The fourth-order valence-electron chi connectivity index (χ4n) is 3.05. The number of allylic oxidation sites excluding steroid dienone is 5. The highest BCUT2D eigenvalue weighted by molar-refractivity contribution is 6.19. The lowest BCUT2D eigenvalue weighted by Gasteiger charge is -2.13. The van der Waals surface area contributed by atoms with E-state index in [1.54, 1.807) is 0 Å². The standard InChI is InChI=1S/C22H34O3/c1-3-4-5-6-7-8-9-10-11-12-13-14-15-16-19-20(23)17-18-21(24)22(19)25-2/h6-7,17-18H,3-5,8-16H2,1-2H3/b7-6-. The quantitative estimate of drug-likeness (QED) is 0.225. The molecule has 0 aromatic carbocycles. The van der Waals surface area contributed by atoms with Crippen LogP contribution in [0.2, 0.25) is 0 Å². The van der Waals surface area contributed by atoms with Crippen LogP contribution in [-0.4, -0.2) is 18.7 Å². The Balaban J connectivity index is 2.04. The second-order valence-electron chi connectivity index (χ2n) is 6.70. The summed E-state index contributed by atoms with van der Waals surface area (Å²) in [7, 11) is 1.46. The molecule has 140 valence electrons. The van der Waals surface area contributed by atoms with Crippen molar-refractivity contribution < 1.29 is 14.3 Å². The normalized spacial score (nSPS) is 14.8. The summed E-state index contributed by atoms with van der Waals surface area (Å²) in [5.41, 5.74) is 0.546. The molecule has 1 rings (SSSR count). The van der Waals surface area contributed by atoms with E-state index in [4.69, 9.17) is 4.74 Å². The van der Waals surface area contributed by atoms with Gasteiger partial charge in [0.2, 0.25) is 5.78 Å². The number of ether oxygens (including phenoxy) is 1. The average Bonchev–Trinajstić information content (AvgIpc) is 2.61. The number of hydrogen-bond acceptors (Lipinski definition) is 3. The van der Waals surface area contributed by atoms with Crippen molar-refractivity contribution >= 4 is 11.6 Å². The van der Waals surface area contributed by atoms with Crippen molar-refractivity contribution in [2.45, 2.75) is 84.0 Å². The summed E-state index contributed by atoms with van der Waals surface area (Å²) in [5, 5.41) is 0. The maximum absolute atomic E-state index is 11.9. The Morgan fingerprint density at radius 3 is 2.00 bits per heavy atom. The van der Waals surface area contributed by atoms with Gasteiger partial charge in [-0.1, -0.05) is 64.0 Å². The lowest BCUT2D eigenvalue weighted by molar-refractivity contribution is -0.117. The number of ketones is 2. The fraction of sp³-hybridized carbons (Fsp3) is 0.636. The minimum atomic E-state index is -0.194. The molecule has 0 atom stereocenters. The number of unbranched alkanes of at least 4 members (excludes halogenated alkanes) is 9. The van der Waals surface area contributed by atoms with Gasteiger partial charge in [-0.15, -0.1) is 0 Å². The molecular weight excluding hydrogens is 312 g/mol. The second kappa shape index (κ2) is 13.6. The first kappa shape index (κ1) is 21.4. The van der Waals surface area contributed by atoms with E-state index in [9.17, 15) is 9.59 Å². The van der Waals surface area contributed by atoms with Gasteiger partial charge in [-0.2, -0.15) is 0 Å². The van der Waals surface area contributed by atoms with Crippen molar-refractivity contribution in [3.05, 3.63) is 35.6 Å². The molecule has 0 heterocycles. The molecule has 0 unspecified atom stereocenters. The van der Waals surface area contributed by atoms with Crippen LogP contribution in [0.1, 0.15) is 84.0 Å². The Hall–Kier alpha value is -1.64. The average molecular weight is 347 g/mol. The van der Waals surface area contributed by atoms with Crippen LogP contribution < -0.4 is 0 Å². The lowest BCUT2D eigenvalue weighted by atomic mass is 9.96. The van der Waals surface area contributed by atoms with Crippen LogP contribution in [0.3, 0.4) is 0 Å². The smallest absolute Gasteiger partial charge is 0.220 e. The molecule has 0 aromatic rings. The number of rotatable bonds is 14.